The summed E-state index contributed by atoms with van der Waals surface area (Å²) in [7, 11) is 0. The molecular formula is C14H19ClN2O3. The third-order valence-electron chi connectivity index (χ3n) is 4.31. The molecule has 0 saturated carbocycles. The summed E-state index contributed by atoms with van der Waals surface area (Å²) in [4.78, 5) is 14.3. The van der Waals surface area contributed by atoms with E-state index in [2.05, 4.69) is 5.16 Å². The fourth-order valence-corrected chi connectivity index (χ4v) is 3.34. The first-order valence-electron chi connectivity index (χ1n) is 7.14. The van der Waals surface area contributed by atoms with Crippen LogP contribution in [0.3, 0.4) is 0 Å². The smallest absolute Gasteiger partial charge is 0.223 e. The Bertz CT molecular complexity index is 483. The van der Waals surface area contributed by atoms with Crippen LogP contribution in [-0.2, 0) is 16.0 Å². The van der Waals surface area contributed by atoms with E-state index in [1.165, 1.54) is 6.42 Å². The van der Waals surface area contributed by atoms with Crippen molar-refractivity contribution in [3.05, 3.63) is 17.0 Å². The topological polar surface area (TPSA) is 55.6 Å². The van der Waals surface area contributed by atoms with Gasteiger partial charge in [0.05, 0.1) is 6.61 Å². The summed E-state index contributed by atoms with van der Waals surface area (Å²) < 4.78 is 10.5. The summed E-state index contributed by atoms with van der Waals surface area (Å²) in [5.74, 6) is 0.850. The van der Waals surface area contributed by atoms with Gasteiger partial charge < -0.3 is 14.2 Å². The van der Waals surface area contributed by atoms with Gasteiger partial charge in [0.2, 0.25) is 5.91 Å². The van der Waals surface area contributed by atoms with Gasteiger partial charge in [0, 0.05) is 44.0 Å². The van der Waals surface area contributed by atoms with Crippen molar-refractivity contribution < 1.29 is 14.1 Å². The lowest BCUT2D eigenvalue weighted by molar-refractivity contribution is -0.134. The zero-order chi connectivity index (χ0) is 14.0. The molecule has 5 nitrogen and oxygen atoms in total. The molecule has 0 N–H and O–H groups in total. The van der Waals surface area contributed by atoms with Crippen LogP contribution in [0.25, 0.3) is 0 Å². The molecule has 0 aliphatic carbocycles. The maximum absolute atomic E-state index is 12.3. The first kappa shape index (κ1) is 13.9. The highest BCUT2D eigenvalue weighted by atomic mass is 35.5. The number of carbonyl (C=O) groups excluding carboxylic acids is 1. The average molecular weight is 299 g/mol. The van der Waals surface area contributed by atoms with Gasteiger partial charge in [-0.05, 0) is 19.3 Å². The minimum absolute atomic E-state index is 0.184. The van der Waals surface area contributed by atoms with Crippen molar-refractivity contribution in [2.24, 2.45) is 5.41 Å². The highest BCUT2D eigenvalue weighted by molar-refractivity contribution is 6.29. The SMILES string of the molecule is O=C(CCc1cc(Cl)no1)N1CCC[C@]2(CCOC2)C1. The van der Waals surface area contributed by atoms with E-state index in [-0.39, 0.29) is 11.3 Å². The van der Waals surface area contributed by atoms with Crippen LogP contribution in [0.2, 0.25) is 5.15 Å². The fraction of sp³-hybridized carbons (Fsp3) is 0.714. The predicted octanol–water partition coefficient (Wildman–Crippen LogP) is 2.29. The molecule has 1 spiro atoms. The molecule has 2 fully saturated rings. The van der Waals surface area contributed by atoms with Gasteiger partial charge in [0.15, 0.2) is 5.15 Å². The Balaban J connectivity index is 1.54. The van der Waals surface area contributed by atoms with Crippen molar-refractivity contribution in [3.8, 4) is 0 Å². The Morgan fingerprint density at radius 2 is 2.40 bits per heavy atom. The summed E-state index contributed by atoms with van der Waals surface area (Å²) in [5, 5.41) is 3.95. The van der Waals surface area contributed by atoms with Crippen LogP contribution in [0, 0.1) is 5.41 Å². The number of rotatable bonds is 3. The number of carbonyl (C=O) groups is 1. The second-order valence-corrected chi connectivity index (χ2v) is 6.22. The van der Waals surface area contributed by atoms with Crippen LogP contribution in [0.4, 0.5) is 0 Å². The van der Waals surface area contributed by atoms with Crippen LogP contribution in [0.1, 0.15) is 31.4 Å². The molecule has 20 heavy (non-hydrogen) atoms. The maximum atomic E-state index is 12.3. The number of nitrogens with zero attached hydrogens (tertiary/aromatic N) is 2. The monoisotopic (exact) mass is 298 g/mol. The van der Waals surface area contributed by atoms with Crippen molar-refractivity contribution in [1.29, 1.82) is 0 Å². The molecule has 1 atom stereocenters. The first-order chi connectivity index (χ1) is 9.67. The van der Waals surface area contributed by atoms with Crippen molar-refractivity contribution in [2.75, 3.05) is 26.3 Å². The summed E-state index contributed by atoms with van der Waals surface area (Å²) in [6, 6.07) is 1.66. The Labute approximate surface area is 123 Å². The van der Waals surface area contributed by atoms with Gasteiger partial charge in [-0.2, -0.15) is 0 Å². The molecule has 110 valence electrons. The molecule has 2 saturated heterocycles. The molecule has 2 aliphatic heterocycles. The third-order valence-corrected chi connectivity index (χ3v) is 4.49. The van der Waals surface area contributed by atoms with Crippen LogP contribution >= 0.6 is 11.6 Å². The number of halogens is 1. The lowest BCUT2D eigenvalue weighted by Crippen LogP contribution is -2.46. The van der Waals surface area contributed by atoms with Gasteiger partial charge in [0.25, 0.3) is 0 Å². The molecule has 1 aromatic rings. The Morgan fingerprint density at radius 3 is 3.10 bits per heavy atom. The van der Waals surface area contributed by atoms with Gasteiger partial charge in [-0.25, -0.2) is 0 Å². The van der Waals surface area contributed by atoms with E-state index in [0.717, 1.165) is 39.1 Å². The third kappa shape index (κ3) is 2.99. The first-order valence-corrected chi connectivity index (χ1v) is 7.51. The zero-order valence-electron chi connectivity index (χ0n) is 11.4. The summed E-state index contributed by atoms with van der Waals surface area (Å²) in [5.41, 5.74) is 0.212. The van der Waals surface area contributed by atoms with E-state index < -0.39 is 0 Å². The highest BCUT2D eigenvalue weighted by Crippen LogP contribution is 2.37. The largest absolute Gasteiger partial charge is 0.381 e. The maximum Gasteiger partial charge on any atom is 0.223 e. The average Bonchev–Trinajstić information content (AvgIpc) is 3.06. The Hall–Kier alpha value is -1.07. The molecule has 0 aromatic carbocycles. The van der Waals surface area contributed by atoms with Crippen LogP contribution in [-0.4, -0.2) is 42.3 Å². The number of piperidine rings is 1. The molecule has 1 aromatic heterocycles. The van der Waals surface area contributed by atoms with Crippen molar-refractivity contribution in [2.45, 2.75) is 32.1 Å². The summed E-state index contributed by atoms with van der Waals surface area (Å²) >= 11 is 5.69. The molecule has 3 rings (SSSR count). The zero-order valence-corrected chi connectivity index (χ0v) is 12.2. The number of aryl methyl sites for hydroxylation is 1. The Kier molecular flexibility index (Phi) is 3.98. The number of likely N-dealkylation sites (tertiary alicyclic amines) is 1. The highest BCUT2D eigenvalue weighted by Gasteiger charge is 2.40. The minimum atomic E-state index is 0.184. The molecule has 3 heterocycles. The number of hydrogen-bond acceptors (Lipinski definition) is 4. The molecule has 0 radical (unpaired) electrons. The van der Waals surface area contributed by atoms with Gasteiger partial charge in [-0.1, -0.05) is 16.8 Å². The molecule has 6 heteroatoms. The van der Waals surface area contributed by atoms with Crippen LogP contribution in [0.5, 0.6) is 0 Å². The molecular weight excluding hydrogens is 280 g/mol. The van der Waals surface area contributed by atoms with E-state index in [9.17, 15) is 4.79 Å². The predicted molar refractivity (Wildman–Crippen MR) is 73.5 cm³/mol. The summed E-state index contributed by atoms with van der Waals surface area (Å²) in [6.07, 6.45) is 4.33. The van der Waals surface area contributed by atoms with Gasteiger partial charge >= 0.3 is 0 Å². The van der Waals surface area contributed by atoms with Gasteiger partial charge in [0.1, 0.15) is 5.76 Å². The quantitative estimate of drug-likeness (QED) is 0.859. The fourth-order valence-electron chi connectivity index (χ4n) is 3.19. The molecule has 0 bridgehead atoms. The molecule has 1 amide bonds. The number of hydrogen-bond donors (Lipinski definition) is 0. The van der Waals surface area contributed by atoms with Crippen molar-refractivity contribution in [3.63, 3.8) is 0 Å². The summed E-state index contributed by atoms with van der Waals surface area (Å²) in [6.45, 7) is 3.33. The van der Waals surface area contributed by atoms with Crippen molar-refractivity contribution >= 4 is 17.5 Å². The lowest BCUT2D eigenvalue weighted by atomic mass is 9.79. The van der Waals surface area contributed by atoms with Crippen LogP contribution in [0.15, 0.2) is 10.6 Å². The number of amides is 1. The number of aromatic nitrogens is 1. The molecule has 2 aliphatic rings. The minimum Gasteiger partial charge on any atom is -0.381 e. The second kappa shape index (κ2) is 5.74. The van der Waals surface area contributed by atoms with E-state index in [1.807, 2.05) is 4.90 Å². The van der Waals surface area contributed by atoms with Gasteiger partial charge in [-0.15, -0.1) is 0 Å². The van der Waals surface area contributed by atoms with E-state index >= 15 is 0 Å². The van der Waals surface area contributed by atoms with E-state index in [1.54, 1.807) is 6.07 Å². The second-order valence-electron chi connectivity index (χ2n) is 5.84. The van der Waals surface area contributed by atoms with Gasteiger partial charge in [-0.3, -0.25) is 4.79 Å². The normalized spacial score (nSPS) is 26.4. The van der Waals surface area contributed by atoms with E-state index in [0.29, 0.717) is 23.8 Å². The Morgan fingerprint density at radius 1 is 1.50 bits per heavy atom. The van der Waals surface area contributed by atoms with E-state index in [4.69, 9.17) is 20.9 Å². The molecule has 0 unspecified atom stereocenters. The van der Waals surface area contributed by atoms with Crippen LogP contribution < -0.4 is 0 Å². The standard InChI is InChI=1S/C14H19ClN2O3/c15-12-8-11(20-16-12)2-3-13(18)17-6-1-4-14(9-17)5-7-19-10-14/h8H,1-7,9-10H2/t14-/m0/s1. The van der Waals surface area contributed by atoms with Crippen molar-refractivity contribution in [1.82, 2.24) is 10.1 Å². The number of ether oxygens (including phenoxy) is 1. The lowest BCUT2D eigenvalue weighted by Gasteiger charge is -2.39.